The van der Waals surface area contributed by atoms with Gasteiger partial charge in [-0.2, -0.15) is 0 Å². The number of aliphatic carboxylic acids is 1. The maximum atomic E-state index is 11.9. The minimum Gasteiger partial charge on any atom is -0.491 e. The number of para-hydroxylation sites is 2. The molecule has 0 saturated carbocycles. The van der Waals surface area contributed by atoms with Crippen molar-refractivity contribution in [3.05, 3.63) is 36.4 Å². The molecule has 5 nitrogen and oxygen atoms in total. The molecule has 0 fully saturated rings. The van der Waals surface area contributed by atoms with E-state index in [1.807, 2.05) is 12.1 Å². The van der Waals surface area contributed by atoms with Gasteiger partial charge in [0.15, 0.2) is 0 Å². The standard InChI is InChI=1S/C13H13NO4/c15-12-7-9-18-11-5-2-1-4-10(11)14(12)8-3-6-13(16)17/h1-6H,7-9H2,(H,16,17). The van der Waals surface area contributed by atoms with Crippen LogP contribution in [0.2, 0.25) is 0 Å². The van der Waals surface area contributed by atoms with E-state index < -0.39 is 5.97 Å². The number of ether oxygens (including phenoxy) is 1. The van der Waals surface area contributed by atoms with Crippen molar-refractivity contribution in [2.75, 3.05) is 18.1 Å². The van der Waals surface area contributed by atoms with Gasteiger partial charge in [-0.3, -0.25) is 4.79 Å². The van der Waals surface area contributed by atoms with E-state index in [1.54, 1.807) is 12.1 Å². The Kier molecular flexibility index (Phi) is 3.62. The molecule has 1 aliphatic rings. The molecule has 1 aromatic carbocycles. The van der Waals surface area contributed by atoms with Crippen LogP contribution in [0.25, 0.3) is 0 Å². The molecule has 0 atom stereocenters. The molecular weight excluding hydrogens is 234 g/mol. The fraction of sp³-hybridized carbons (Fsp3) is 0.231. The van der Waals surface area contributed by atoms with Crippen molar-refractivity contribution >= 4 is 17.6 Å². The van der Waals surface area contributed by atoms with Gasteiger partial charge in [0.05, 0.1) is 18.7 Å². The molecule has 1 aromatic rings. The second-order valence-electron chi connectivity index (χ2n) is 3.81. The molecule has 1 amide bonds. The van der Waals surface area contributed by atoms with Gasteiger partial charge >= 0.3 is 5.97 Å². The van der Waals surface area contributed by atoms with Crippen LogP contribution in [0.15, 0.2) is 36.4 Å². The minimum atomic E-state index is -1.03. The van der Waals surface area contributed by atoms with E-state index in [2.05, 4.69) is 0 Å². The lowest BCUT2D eigenvalue weighted by atomic mass is 10.2. The summed E-state index contributed by atoms with van der Waals surface area (Å²) in [6.45, 7) is 0.570. The van der Waals surface area contributed by atoms with E-state index in [1.165, 1.54) is 11.0 Å². The number of rotatable bonds is 3. The highest BCUT2D eigenvalue weighted by Crippen LogP contribution is 2.30. The predicted octanol–water partition coefficient (Wildman–Crippen LogP) is 1.44. The quantitative estimate of drug-likeness (QED) is 0.821. The number of fused-ring (bicyclic) bond motifs is 1. The van der Waals surface area contributed by atoms with Crippen LogP contribution in [0.1, 0.15) is 6.42 Å². The van der Waals surface area contributed by atoms with Gasteiger partial charge in [0.2, 0.25) is 5.91 Å². The summed E-state index contributed by atoms with van der Waals surface area (Å²) in [5, 5.41) is 8.54. The van der Waals surface area contributed by atoms with Crippen LogP contribution in [0.5, 0.6) is 5.75 Å². The van der Waals surface area contributed by atoms with Gasteiger partial charge in [-0.05, 0) is 12.1 Å². The molecule has 0 radical (unpaired) electrons. The smallest absolute Gasteiger partial charge is 0.328 e. The van der Waals surface area contributed by atoms with Crippen LogP contribution in [-0.2, 0) is 9.59 Å². The van der Waals surface area contributed by atoms with Crippen molar-refractivity contribution in [1.29, 1.82) is 0 Å². The summed E-state index contributed by atoms with van der Waals surface area (Å²) in [6, 6.07) is 7.23. The number of amides is 1. The summed E-state index contributed by atoms with van der Waals surface area (Å²) in [4.78, 5) is 23.9. The molecule has 0 aliphatic carbocycles. The summed E-state index contributed by atoms with van der Waals surface area (Å²) < 4.78 is 5.47. The lowest BCUT2D eigenvalue weighted by Gasteiger charge is -2.19. The maximum Gasteiger partial charge on any atom is 0.328 e. The van der Waals surface area contributed by atoms with Crippen LogP contribution in [0.4, 0.5) is 5.69 Å². The second-order valence-corrected chi connectivity index (χ2v) is 3.81. The molecule has 0 spiro atoms. The monoisotopic (exact) mass is 247 g/mol. The third-order valence-corrected chi connectivity index (χ3v) is 2.58. The highest BCUT2D eigenvalue weighted by molar-refractivity contribution is 5.96. The van der Waals surface area contributed by atoms with Gasteiger partial charge < -0.3 is 14.7 Å². The number of carbonyl (C=O) groups is 2. The zero-order valence-electron chi connectivity index (χ0n) is 9.70. The molecular formula is C13H13NO4. The average molecular weight is 247 g/mol. The molecule has 0 bridgehead atoms. The molecule has 0 saturated heterocycles. The third kappa shape index (κ3) is 2.68. The first kappa shape index (κ1) is 12.2. The Bertz CT molecular complexity index is 496. The Morgan fingerprint density at radius 1 is 1.44 bits per heavy atom. The van der Waals surface area contributed by atoms with Gasteiger partial charge in [-0.25, -0.2) is 4.79 Å². The number of anilines is 1. The van der Waals surface area contributed by atoms with Gasteiger partial charge in [-0.15, -0.1) is 0 Å². The Balaban J connectivity index is 2.25. The Hall–Kier alpha value is -2.30. The SMILES string of the molecule is O=C(O)C=CCN1C(=O)CCOc2ccccc21. The van der Waals surface area contributed by atoms with Crippen LogP contribution < -0.4 is 9.64 Å². The van der Waals surface area contributed by atoms with E-state index >= 15 is 0 Å². The molecule has 1 aliphatic heterocycles. The van der Waals surface area contributed by atoms with Gasteiger partial charge in [-0.1, -0.05) is 18.2 Å². The molecule has 0 unspecified atom stereocenters. The molecule has 5 heteroatoms. The van der Waals surface area contributed by atoms with Crippen LogP contribution in [0, 0.1) is 0 Å². The van der Waals surface area contributed by atoms with Crippen molar-refractivity contribution in [3.63, 3.8) is 0 Å². The summed E-state index contributed by atoms with van der Waals surface area (Å²) in [6.07, 6.45) is 2.76. The number of hydrogen-bond donors (Lipinski definition) is 1. The Morgan fingerprint density at radius 2 is 2.22 bits per heavy atom. The highest BCUT2D eigenvalue weighted by atomic mass is 16.5. The molecule has 1 N–H and O–H groups in total. The van der Waals surface area contributed by atoms with Gasteiger partial charge in [0, 0.05) is 12.6 Å². The van der Waals surface area contributed by atoms with Crippen LogP contribution in [0.3, 0.4) is 0 Å². The Labute approximate surface area is 104 Å². The normalized spacial score (nSPS) is 15.1. The third-order valence-electron chi connectivity index (χ3n) is 2.58. The topological polar surface area (TPSA) is 66.8 Å². The first-order valence-corrected chi connectivity index (χ1v) is 5.60. The molecule has 0 aromatic heterocycles. The van der Waals surface area contributed by atoms with E-state index in [4.69, 9.17) is 9.84 Å². The maximum absolute atomic E-state index is 11.9. The van der Waals surface area contributed by atoms with E-state index in [0.717, 1.165) is 6.08 Å². The van der Waals surface area contributed by atoms with Gasteiger partial charge in [0.25, 0.3) is 0 Å². The number of carbonyl (C=O) groups excluding carboxylic acids is 1. The zero-order valence-corrected chi connectivity index (χ0v) is 9.70. The lowest BCUT2D eigenvalue weighted by Crippen LogP contribution is -2.30. The van der Waals surface area contributed by atoms with E-state index in [0.29, 0.717) is 18.0 Å². The number of hydrogen-bond acceptors (Lipinski definition) is 3. The van der Waals surface area contributed by atoms with Crippen molar-refractivity contribution < 1.29 is 19.4 Å². The summed E-state index contributed by atoms with van der Waals surface area (Å²) in [5.41, 5.74) is 0.676. The minimum absolute atomic E-state index is 0.0741. The average Bonchev–Trinajstić information content (AvgIpc) is 2.49. The van der Waals surface area contributed by atoms with Crippen LogP contribution >= 0.6 is 0 Å². The fourth-order valence-corrected chi connectivity index (χ4v) is 1.78. The Morgan fingerprint density at radius 3 is 3.00 bits per heavy atom. The zero-order chi connectivity index (χ0) is 13.0. The molecule has 18 heavy (non-hydrogen) atoms. The highest BCUT2D eigenvalue weighted by Gasteiger charge is 2.21. The van der Waals surface area contributed by atoms with Crippen molar-refractivity contribution in [3.8, 4) is 5.75 Å². The van der Waals surface area contributed by atoms with E-state index in [-0.39, 0.29) is 18.9 Å². The predicted molar refractivity (Wildman–Crippen MR) is 65.7 cm³/mol. The van der Waals surface area contributed by atoms with Crippen molar-refractivity contribution in [1.82, 2.24) is 0 Å². The van der Waals surface area contributed by atoms with Crippen molar-refractivity contribution in [2.45, 2.75) is 6.42 Å². The van der Waals surface area contributed by atoms with Crippen molar-refractivity contribution in [2.24, 2.45) is 0 Å². The summed E-state index contributed by atoms with van der Waals surface area (Å²) in [5.74, 6) is -0.455. The fourth-order valence-electron chi connectivity index (χ4n) is 1.78. The number of benzene rings is 1. The first-order valence-electron chi connectivity index (χ1n) is 5.60. The van der Waals surface area contributed by atoms with E-state index in [9.17, 15) is 9.59 Å². The lowest BCUT2D eigenvalue weighted by molar-refractivity contribution is -0.131. The molecule has 94 valence electrons. The summed E-state index contributed by atoms with van der Waals surface area (Å²) >= 11 is 0. The molecule has 2 rings (SSSR count). The number of carboxylic acid groups (broad SMARTS) is 1. The van der Waals surface area contributed by atoms with Gasteiger partial charge in [0.1, 0.15) is 5.75 Å². The number of nitrogens with zero attached hydrogens (tertiary/aromatic N) is 1. The molecule has 1 heterocycles. The number of carboxylic acids is 1. The largest absolute Gasteiger partial charge is 0.491 e. The summed E-state index contributed by atoms with van der Waals surface area (Å²) in [7, 11) is 0. The second kappa shape index (κ2) is 5.35. The van der Waals surface area contributed by atoms with Crippen LogP contribution in [-0.4, -0.2) is 30.1 Å². The first-order chi connectivity index (χ1) is 8.68.